The molecule has 42 heavy (non-hydrogen) atoms. The molecule has 0 radical (unpaired) electrons. The molecule has 10 rings (SSSR count). The minimum absolute atomic E-state index is 0.312. The second-order valence-electron chi connectivity index (χ2n) is 10.8. The highest BCUT2D eigenvalue weighted by Gasteiger charge is 2.26. The van der Waals surface area contributed by atoms with Gasteiger partial charge in [-0.15, -0.1) is 0 Å². The fraction of sp³-hybridized carbons (Fsp3) is 0. The van der Waals surface area contributed by atoms with Crippen LogP contribution in [0, 0.1) is 11.3 Å². The van der Waals surface area contributed by atoms with Crippen molar-refractivity contribution >= 4 is 81.7 Å². The van der Waals surface area contributed by atoms with Crippen LogP contribution in [0.2, 0.25) is 0 Å². The Bertz CT molecular complexity index is 2810. The van der Waals surface area contributed by atoms with Crippen LogP contribution in [0.15, 0.2) is 109 Å². The summed E-state index contributed by atoms with van der Waals surface area (Å²) in [7, 11) is 0. The van der Waals surface area contributed by atoms with Crippen LogP contribution in [0.1, 0.15) is 5.69 Å². The lowest BCUT2D eigenvalue weighted by Crippen LogP contribution is -2.04. The van der Waals surface area contributed by atoms with Gasteiger partial charge in [0.05, 0.1) is 33.0 Å². The molecule has 6 heteroatoms. The Hall–Kier alpha value is -6.06. The largest absolute Gasteiger partial charge is 0.307 e. The van der Waals surface area contributed by atoms with Crippen LogP contribution in [0.4, 0.5) is 0 Å². The van der Waals surface area contributed by atoms with Crippen molar-refractivity contribution in [3.63, 3.8) is 0 Å². The van der Waals surface area contributed by atoms with Crippen molar-refractivity contribution < 1.29 is 0 Å². The highest BCUT2D eigenvalue weighted by atomic mass is 15.2. The Balaban J connectivity index is 1.53. The molecule has 0 bridgehead atoms. The summed E-state index contributed by atoms with van der Waals surface area (Å²) >= 11 is 0. The molecule has 0 unspecified atom stereocenters. The van der Waals surface area contributed by atoms with Crippen molar-refractivity contribution in [3.05, 3.63) is 115 Å². The Labute approximate surface area is 237 Å². The van der Waals surface area contributed by atoms with Gasteiger partial charge in [0.1, 0.15) is 6.07 Å². The van der Waals surface area contributed by atoms with Gasteiger partial charge in [0.15, 0.2) is 11.3 Å². The molecular formula is C36H18N6. The van der Waals surface area contributed by atoms with E-state index in [0.29, 0.717) is 22.7 Å². The number of hydrogen-bond donors (Lipinski definition) is 0. The van der Waals surface area contributed by atoms with Gasteiger partial charge in [-0.1, -0.05) is 72.8 Å². The molecule has 5 heterocycles. The second kappa shape index (κ2) is 7.57. The summed E-state index contributed by atoms with van der Waals surface area (Å²) in [6.45, 7) is 0. The van der Waals surface area contributed by atoms with Gasteiger partial charge in [0.2, 0.25) is 5.95 Å². The van der Waals surface area contributed by atoms with Crippen molar-refractivity contribution in [2.45, 2.75) is 0 Å². The van der Waals surface area contributed by atoms with Crippen molar-refractivity contribution in [1.29, 1.82) is 5.26 Å². The number of aromatic nitrogens is 5. The molecule has 5 aromatic heterocycles. The lowest BCUT2D eigenvalue weighted by atomic mass is 10.0. The fourth-order valence-corrected chi connectivity index (χ4v) is 7.10. The molecule has 10 aromatic rings. The van der Waals surface area contributed by atoms with E-state index in [1.807, 2.05) is 18.2 Å². The van der Waals surface area contributed by atoms with Gasteiger partial charge in [-0.05, 0) is 35.7 Å². The molecule has 0 spiro atoms. The standard InChI is InChI=1S/C36H18N6/c37-19-28-24-12-7-17-38-35(24)40-36(39-28)42-30-14-6-4-11-23(30)27-18-26-22-10-3-5-13-29(22)41-32-21-9-2-1-8-20(21)15-16-25(32)31(33(26)41)34(27)42/h1-18H. The number of pyridine rings is 1. The monoisotopic (exact) mass is 534 g/mol. The second-order valence-corrected chi connectivity index (χ2v) is 10.8. The number of nitrogens with zero attached hydrogens (tertiary/aromatic N) is 6. The summed E-state index contributed by atoms with van der Waals surface area (Å²) in [5.74, 6) is 0.441. The highest BCUT2D eigenvalue weighted by molar-refractivity contribution is 6.36. The smallest absolute Gasteiger partial charge is 0.238 e. The maximum absolute atomic E-state index is 10.1. The molecule has 0 aliphatic heterocycles. The molecular weight excluding hydrogens is 516 g/mol. The average molecular weight is 535 g/mol. The van der Waals surface area contributed by atoms with Crippen molar-refractivity contribution in [2.75, 3.05) is 0 Å². The van der Waals surface area contributed by atoms with Crippen LogP contribution in [0.25, 0.3) is 87.7 Å². The lowest BCUT2D eigenvalue weighted by molar-refractivity contribution is 0.995. The summed E-state index contributed by atoms with van der Waals surface area (Å²) in [6, 6.07) is 38.4. The van der Waals surface area contributed by atoms with Gasteiger partial charge >= 0.3 is 0 Å². The van der Waals surface area contributed by atoms with Crippen LogP contribution in [0.5, 0.6) is 0 Å². The molecule has 0 aliphatic carbocycles. The first-order valence-electron chi connectivity index (χ1n) is 13.9. The normalized spacial score (nSPS) is 12.3. The van der Waals surface area contributed by atoms with E-state index in [-0.39, 0.29) is 0 Å². The third-order valence-corrected chi connectivity index (χ3v) is 8.75. The van der Waals surface area contributed by atoms with Crippen LogP contribution in [0.3, 0.4) is 0 Å². The molecule has 0 aliphatic rings. The summed E-state index contributed by atoms with van der Waals surface area (Å²) in [5.41, 5.74) is 6.39. The van der Waals surface area contributed by atoms with Crippen molar-refractivity contribution in [2.24, 2.45) is 0 Å². The van der Waals surface area contributed by atoms with Gasteiger partial charge in [-0.3, -0.25) is 4.57 Å². The first-order valence-corrected chi connectivity index (χ1v) is 13.9. The third kappa shape index (κ3) is 2.52. The third-order valence-electron chi connectivity index (χ3n) is 8.75. The van der Waals surface area contributed by atoms with E-state index in [9.17, 15) is 5.26 Å². The van der Waals surface area contributed by atoms with Gasteiger partial charge in [-0.2, -0.15) is 10.2 Å². The van der Waals surface area contributed by atoms with Crippen LogP contribution >= 0.6 is 0 Å². The van der Waals surface area contributed by atoms with E-state index < -0.39 is 0 Å². The van der Waals surface area contributed by atoms with Crippen molar-refractivity contribution in [1.82, 2.24) is 23.9 Å². The SMILES string of the molecule is N#Cc1nc(-n2c3ccccc3c3cc4c5ccccc5n5c6c7ccccc7ccc6c(c32)c45)nc2ncccc12. The number of rotatable bonds is 1. The topological polar surface area (TPSA) is 71.8 Å². The summed E-state index contributed by atoms with van der Waals surface area (Å²) in [5, 5.41) is 20.1. The first-order chi connectivity index (χ1) is 20.8. The Kier molecular flexibility index (Phi) is 3.91. The zero-order valence-corrected chi connectivity index (χ0v) is 22.1. The number of fused-ring (bicyclic) bond motifs is 13. The van der Waals surface area contributed by atoms with E-state index in [2.05, 4.69) is 105 Å². The first kappa shape index (κ1) is 21.7. The summed E-state index contributed by atoms with van der Waals surface area (Å²) in [4.78, 5) is 14.3. The van der Waals surface area contributed by atoms with Gasteiger partial charge < -0.3 is 4.40 Å². The number of nitriles is 1. The molecule has 6 nitrogen and oxygen atoms in total. The average Bonchev–Trinajstić information content (AvgIpc) is 3.68. The van der Waals surface area contributed by atoms with E-state index in [1.54, 1.807) is 6.20 Å². The zero-order chi connectivity index (χ0) is 27.5. The maximum Gasteiger partial charge on any atom is 0.238 e. The predicted molar refractivity (Wildman–Crippen MR) is 169 cm³/mol. The lowest BCUT2D eigenvalue weighted by Gasteiger charge is -2.09. The highest BCUT2D eigenvalue weighted by Crippen LogP contribution is 2.47. The quantitative estimate of drug-likeness (QED) is 0.212. The molecule has 0 saturated carbocycles. The molecule has 0 amide bonds. The summed E-state index contributed by atoms with van der Waals surface area (Å²) < 4.78 is 4.56. The number of para-hydroxylation sites is 2. The van der Waals surface area contributed by atoms with E-state index in [0.717, 1.165) is 27.2 Å². The maximum atomic E-state index is 10.1. The molecule has 0 fully saturated rings. The van der Waals surface area contributed by atoms with Crippen LogP contribution < -0.4 is 0 Å². The zero-order valence-electron chi connectivity index (χ0n) is 22.1. The number of hydrogen-bond acceptors (Lipinski definition) is 4. The Morgan fingerprint density at radius 1 is 0.571 bits per heavy atom. The minimum Gasteiger partial charge on any atom is -0.307 e. The fourth-order valence-electron chi connectivity index (χ4n) is 7.10. The molecule has 0 atom stereocenters. The van der Waals surface area contributed by atoms with E-state index in [4.69, 9.17) is 9.97 Å². The molecule has 192 valence electrons. The molecule has 0 saturated heterocycles. The predicted octanol–water partition coefficient (Wildman–Crippen LogP) is 8.30. The minimum atomic E-state index is 0.312. The van der Waals surface area contributed by atoms with Crippen LogP contribution in [-0.2, 0) is 0 Å². The Morgan fingerprint density at radius 3 is 2.14 bits per heavy atom. The van der Waals surface area contributed by atoms with Gasteiger partial charge in [-0.25, -0.2) is 9.97 Å². The molecule has 5 aromatic carbocycles. The number of benzene rings is 5. The van der Waals surface area contributed by atoms with E-state index in [1.165, 1.54) is 43.5 Å². The summed E-state index contributed by atoms with van der Waals surface area (Å²) in [6.07, 6.45) is 1.70. The van der Waals surface area contributed by atoms with Gasteiger partial charge in [0, 0.05) is 43.9 Å². The Morgan fingerprint density at radius 2 is 1.29 bits per heavy atom. The van der Waals surface area contributed by atoms with Crippen LogP contribution in [-0.4, -0.2) is 23.9 Å². The van der Waals surface area contributed by atoms with Gasteiger partial charge in [0.25, 0.3) is 0 Å². The van der Waals surface area contributed by atoms with Crippen molar-refractivity contribution in [3.8, 4) is 12.0 Å². The molecule has 0 N–H and O–H groups in total. The van der Waals surface area contributed by atoms with E-state index >= 15 is 0 Å².